The second-order valence-electron chi connectivity index (χ2n) is 6.13. The number of nitrogens with one attached hydrogen (secondary N) is 2. The van der Waals surface area contributed by atoms with Crippen LogP contribution >= 0.6 is 67.8 Å². The highest BCUT2D eigenvalue weighted by Crippen LogP contribution is 2.38. The molecule has 0 aliphatic carbocycles. The Labute approximate surface area is 224 Å². The van der Waals surface area contributed by atoms with Crippen molar-refractivity contribution < 1.29 is 29.4 Å². The second-order valence-corrected chi connectivity index (χ2v) is 9.36. The number of carboxylic acids is 2. The monoisotopic (exact) mass is 788 g/mol. The van der Waals surface area contributed by atoms with E-state index in [2.05, 4.69) is 15.6 Å². The molecule has 1 atom stereocenters. The Morgan fingerprint density at radius 3 is 1.69 bits per heavy atom. The van der Waals surface area contributed by atoms with Gasteiger partial charge in [-0.15, -0.1) is 0 Å². The Hall–Kier alpha value is -1.48. The van der Waals surface area contributed by atoms with E-state index < -0.39 is 18.0 Å². The fourth-order valence-electron chi connectivity index (χ4n) is 2.07. The maximum Gasteiger partial charge on any atom is 0.338 e. The van der Waals surface area contributed by atoms with Crippen molar-refractivity contribution in [1.29, 1.82) is 0 Å². The zero-order valence-electron chi connectivity index (χ0n) is 17.0. The first-order chi connectivity index (χ1) is 14.7. The molecule has 10 N–H and O–H groups in total. The van der Waals surface area contributed by atoms with Crippen LogP contribution in [0.25, 0.3) is 0 Å². The number of anilines is 2. The Morgan fingerprint density at radius 2 is 1.38 bits per heavy atom. The zero-order chi connectivity index (χ0) is 25.2. The topological polar surface area (TPSA) is 223 Å². The molecular formula is C17H23I3N6O6. The highest BCUT2D eigenvalue weighted by atomic mass is 127. The lowest BCUT2D eigenvalue weighted by atomic mass is 10.1. The molecule has 0 aliphatic heterocycles. The smallest absolute Gasteiger partial charge is 0.338 e. The highest BCUT2D eigenvalue weighted by molar-refractivity contribution is 14.1. The van der Waals surface area contributed by atoms with Crippen molar-refractivity contribution >= 4 is 109 Å². The predicted molar refractivity (Wildman–Crippen MR) is 146 cm³/mol. The minimum absolute atomic E-state index is 0.0129. The molecule has 12 nitrogen and oxygen atoms in total. The SMILES string of the molecule is CC(=O)Nc1c(I)c(NC(C)=O)c(I)c(C(=O)O)c1I.NC(N)=NCCCC(N)C(=O)O. The van der Waals surface area contributed by atoms with Gasteiger partial charge in [0.15, 0.2) is 5.96 Å². The molecule has 0 saturated heterocycles. The molecule has 2 amide bonds. The number of hydrogen-bond acceptors (Lipinski definition) is 6. The lowest BCUT2D eigenvalue weighted by Gasteiger charge is -2.17. The van der Waals surface area contributed by atoms with Gasteiger partial charge in [-0.1, -0.05) is 0 Å². The molecule has 0 aromatic heterocycles. The van der Waals surface area contributed by atoms with Gasteiger partial charge in [0, 0.05) is 20.4 Å². The molecule has 0 bridgehead atoms. The summed E-state index contributed by atoms with van der Waals surface area (Å²) in [5.74, 6) is -2.73. The van der Waals surface area contributed by atoms with E-state index in [4.69, 9.17) is 22.3 Å². The molecule has 1 aromatic carbocycles. The fourth-order valence-corrected chi connectivity index (χ4v) is 6.23. The van der Waals surface area contributed by atoms with Gasteiger partial charge in [0.1, 0.15) is 6.04 Å². The van der Waals surface area contributed by atoms with Crippen LogP contribution in [0, 0.1) is 10.7 Å². The zero-order valence-corrected chi connectivity index (χ0v) is 23.5. The molecule has 1 unspecified atom stereocenters. The minimum atomic E-state index is -1.12. The Bertz CT molecular complexity index is 878. The number of guanidine groups is 1. The van der Waals surface area contributed by atoms with Crippen molar-refractivity contribution in [2.75, 3.05) is 17.2 Å². The molecule has 0 fully saturated rings. The van der Waals surface area contributed by atoms with Gasteiger partial charge < -0.3 is 38.0 Å². The van der Waals surface area contributed by atoms with Gasteiger partial charge in [-0.05, 0) is 80.6 Å². The largest absolute Gasteiger partial charge is 0.480 e. The number of carbonyl (C=O) groups is 4. The van der Waals surface area contributed by atoms with Crippen molar-refractivity contribution in [1.82, 2.24) is 0 Å². The summed E-state index contributed by atoms with van der Waals surface area (Å²) in [6, 6.07) is -0.820. The summed E-state index contributed by atoms with van der Waals surface area (Å²) in [4.78, 5) is 47.8. The third-order valence-corrected chi connectivity index (χ3v) is 6.65. The van der Waals surface area contributed by atoms with Crippen LogP contribution < -0.4 is 27.8 Å². The van der Waals surface area contributed by atoms with E-state index in [1.165, 1.54) is 13.8 Å². The second kappa shape index (κ2) is 14.6. The summed E-state index contributed by atoms with van der Waals surface area (Å²) in [5, 5.41) is 22.9. The van der Waals surface area contributed by atoms with Gasteiger partial charge >= 0.3 is 11.9 Å². The van der Waals surface area contributed by atoms with Gasteiger partial charge in [0.25, 0.3) is 0 Å². The van der Waals surface area contributed by atoms with Crippen molar-refractivity contribution in [3.63, 3.8) is 0 Å². The quantitative estimate of drug-likeness (QED) is 0.0878. The third-order valence-electron chi connectivity index (χ3n) is 3.42. The van der Waals surface area contributed by atoms with Crippen LogP contribution in [-0.4, -0.2) is 52.5 Å². The van der Waals surface area contributed by atoms with Crippen LogP contribution in [0.4, 0.5) is 11.4 Å². The summed E-state index contributed by atoms with van der Waals surface area (Å²) in [5.41, 5.74) is 16.2. The normalized spacial score (nSPS) is 10.8. The maximum absolute atomic E-state index is 11.4. The highest BCUT2D eigenvalue weighted by Gasteiger charge is 2.25. The predicted octanol–water partition coefficient (Wildman–Crippen LogP) is 1.57. The summed E-state index contributed by atoms with van der Waals surface area (Å²) in [6.45, 7) is 3.09. The molecule has 0 aliphatic rings. The molecule has 32 heavy (non-hydrogen) atoms. The number of nitrogens with zero attached hydrogens (tertiary/aromatic N) is 1. The molecule has 0 heterocycles. The lowest BCUT2D eigenvalue weighted by molar-refractivity contribution is -0.138. The molecule has 15 heteroatoms. The molecule has 1 rings (SSSR count). The first-order valence-electron chi connectivity index (χ1n) is 8.73. The summed E-state index contributed by atoms with van der Waals surface area (Å²) in [7, 11) is 0. The molecule has 1 aromatic rings. The van der Waals surface area contributed by atoms with Gasteiger partial charge in [-0.2, -0.15) is 0 Å². The number of benzene rings is 1. The standard InChI is InChI=1S/C11H9I3N2O4.C6H14N4O2/c1-3(17)15-9-6(12)5(11(19)20)7(13)10(8(9)14)16-4(2)18;7-4(5(11)12)2-1-3-10-6(8)9/h1-2H3,(H,15,17)(H,16,18)(H,19,20);4H,1-3,7H2,(H,11,12)(H4,8,9,10). The van der Waals surface area contributed by atoms with Gasteiger partial charge in [0.2, 0.25) is 11.8 Å². The number of carbonyl (C=O) groups excluding carboxylic acids is 2. The van der Waals surface area contributed by atoms with Gasteiger partial charge in [0.05, 0.1) is 27.6 Å². The average Bonchev–Trinajstić information content (AvgIpc) is 2.65. The van der Waals surface area contributed by atoms with Crippen molar-refractivity contribution in [3.05, 3.63) is 16.3 Å². The summed E-state index contributed by atoms with van der Waals surface area (Å²) in [6.07, 6.45) is 0.956. The minimum Gasteiger partial charge on any atom is -0.480 e. The van der Waals surface area contributed by atoms with Crippen LogP contribution in [0.1, 0.15) is 37.0 Å². The first-order valence-corrected chi connectivity index (χ1v) is 12.0. The average molecular weight is 788 g/mol. The van der Waals surface area contributed by atoms with Gasteiger partial charge in [-0.25, -0.2) is 4.79 Å². The maximum atomic E-state index is 11.4. The van der Waals surface area contributed by atoms with E-state index in [9.17, 15) is 24.3 Å². The van der Waals surface area contributed by atoms with Crippen LogP contribution in [0.5, 0.6) is 0 Å². The van der Waals surface area contributed by atoms with E-state index in [0.717, 1.165) is 0 Å². The number of carboxylic acid groups (broad SMARTS) is 2. The number of nitrogens with two attached hydrogens (primary N) is 3. The van der Waals surface area contributed by atoms with E-state index in [-0.39, 0.29) is 23.3 Å². The molecular weight excluding hydrogens is 765 g/mol. The first kappa shape index (κ1) is 30.5. The Morgan fingerprint density at radius 1 is 0.938 bits per heavy atom. The molecule has 178 valence electrons. The number of halogens is 3. The number of hydrogen-bond donors (Lipinski definition) is 7. The number of aliphatic imine (C=N–C) groups is 1. The van der Waals surface area contributed by atoms with E-state index >= 15 is 0 Å². The number of aliphatic carboxylic acids is 1. The van der Waals surface area contributed by atoms with Gasteiger partial charge in [-0.3, -0.25) is 19.4 Å². The van der Waals surface area contributed by atoms with Crippen LogP contribution in [0.15, 0.2) is 4.99 Å². The summed E-state index contributed by atoms with van der Waals surface area (Å²) >= 11 is 5.71. The number of aromatic carboxylic acids is 1. The van der Waals surface area contributed by atoms with E-state index in [1.54, 1.807) is 0 Å². The van der Waals surface area contributed by atoms with Crippen LogP contribution in [0.2, 0.25) is 0 Å². The number of amides is 2. The third kappa shape index (κ3) is 10.4. The van der Waals surface area contributed by atoms with E-state index in [0.29, 0.717) is 41.5 Å². The van der Waals surface area contributed by atoms with Crippen LogP contribution in [0.3, 0.4) is 0 Å². The lowest BCUT2D eigenvalue weighted by Crippen LogP contribution is -2.30. The molecule has 0 spiro atoms. The Kier molecular flexibility index (Phi) is 13.9. The molecule has 0 radical (unpaired) electrons. The molecule has 0 saturated carbocycles. The van der Waals surface area contributed by atoms with Crippen molar-refractivity contribution in [2.45, 2.75) is 32.7 Å². The fraction of sp³-hybridized carbons (Fsp3) is 0.353. The van der Waals surface area contributed by atoms with Crippen molar-refractivity contribution in [2.24, 2.45) is 22.2 Å². The number of rotatable bonds is 8. The van der Waals surface area contributed by atoms with Crippen LogP contribution in [-0.2, 0) is 14.4 Å². The van der Waals surface area contributed by atoms with E-state index in [1.807, 2.05) is 67.8 Å². The summed E-state index contributed by atoms with van der Waals surface area (Å²) < 4.78 is 1.44. The van der Waals surface area contributed by atoms with Crippen molar-refractivity contribution in [3.8, 4) is 0 Å². The Balaban J connectivity index is 0.000000687.